The van der Waals surface area contributed by atoms with Crippen molar-refractivity contribution in [3.63, 3.8) is 0 Å². The van der Waals surface area contributed by atoms with Gasteiger partial charge in [0, 0.05) is 18.8 Å². The second kappa shape index (κ2) is 4.75. The smallest absolute Gasteiger partial charge is 0.129 e. The van der Waals surface area contributed by atoms with Gasteiger partial charge in [-0.25, -0.2) is 4.98 Å². The molecule has 0 saturated heterocycles. The molecule has 0 fully saturated rings. The van der Waals surface area contributed by atoms with E-state index in [0.29, 0.717) is 5.15 Å². The Hall–Kier alpha value is -1.55. The van der Waals surface area contributed by atoms with Crippen LogP contribution in [0.4, 0.5) is 5.69 Å². The molecule has 2 heterocycles. The van der Waals surface area contributed by atoms with Crippen molar-refractivity contribution >= 4 is 17.3 Å². The number of pyridine rings is 1. The number of aryl methyl sites for hydroxylation is 2. The van der Waals surface area contributed by atoms with Crippen LogP contribution in [0, 0.1) is 6.92 Å². The summed E-state index contributed by atoms with van der Waals surface area (Å²) in [4.78, 5) is 4.07. The lowest BCUT2D eigenvalue weighted by molar-refractivity contribution is 0.765. The van der Waals surface area contributed by atoms with E-state index >= 15 is 0 Å². The number of hydrogen-bond acceptors (Lipinski definition) is 3. The van der Waals surface area contributed by atoms with Crippen LogP contribution >= 0.6 is 11.6 Å². The molecule has 0 radical (unpaired) electrons. The monoisotopic (exact) mass is 250 g/mol. The second-order valence-corrected chi connectivity index (χ2v) is 4.52. The van der Waals surface area contributed by atoms with E-state index in [4.69, 9.17) is 11.6 Å². The van der Waals surface area contributed by atoms with Gasteiger partial charge in [0.15, 0.2) is 0 Å². The van der Waals surface area contributed by atoms with Crippen LogP contribution in [0.15, 0.2) is 24.7 Å². The predicted molar refractivity (Wildman–Crippen MR) is 69.2 cm³/mol. The van der Waals surface area contributed by atoms with E-state index in [0.717, 1.165) is 16.8 Å². The summed E-state index contributed by atoms with van der Waals surface area (Å²) in [5.74, 6) is 0. The highest BCUT2D eigenvalue weighted by Gasteiger charge is 2.09. The number of nitrogens with one attached hydrogen (secondary N) is 1. The molecule has 0 bridgehead atoms. The van der Waals surface area contributed by atoms with Crippen molar-refractivity contribution in [3.8, 4) is 0 Å². The van der Waals surface area contributed by atoms with Crippen molar-refractivity contribution in [1.29, 1.82) is 0 Å². The molecule has 0 aliphatic heterocycles. The van der Waals surface area contributed by atoms with Gasteiger partial charge in [-0.3, -0.25) is 4.68 Å². The Morgan fingerprint density at radius 2 is 2.18 bits per heavy atom. The van der Waals surface area contributed by atoms with Crippen molar-refractivity contribution < 1.29 is 0 Å². The Morgan fingerprint density at radius 1 is 1.41 bits per heavy atom. The summed E-state index contributed by atoms with van der Waals surface area (Å²) < 4.78 is 1.79. The van der Waals surface area contributed by atoms with Gasteiger partial charge in [0.05, 0.1) is 24.1 Å². The summed E-state index contributed by atoms with van der Waals surface area (Å²) in [6.45, 7) is 4.09. The van der Waals surface area contributed by atoms with Crippen LogP contribution in [-0.4, -0.2) is 14.8 Å². The van der Waals surface area contributed by atoms with Gasteiger partial charge in [0.25, 0.3) is 0 Å². The SMILES string of the molecule is Cc1cc(Cl)ncc1NC(C)c1cnn(C)c1. The molecule has 1 unspecified atom stereocenters. The lowest BCUT2D eigenvalue weighted by Crippen LogP contribution is -2.07. The quantitative estimate of drug-likeness (QED) is 0.852. The fourth-order valence-electron chi connectivity index (χ4n) is 1.65. The van der Waals surface area contributed by atoms with E-state index in [1.165, 1.54) is 0 Å². The van der Waals surface area contributed by atoms with Gasteiger partial charge in [-0.05, 0) is 25.5 Å². The zero-order valence-corrected chi connectivity index (χ0v) is 10.9. The summed E-state index contributed by atoms with van der Waals surface area (Å²) in [7, 11) is 1.91. The Labute approximate surface area is 106 Å². The molecule has 90 valence electrons. The van der Waals surface area contributed by atoms with E-state index in [1.54, 1.807) is 10.9 Å². The van der Waals surface area contributed by atoms with E-state index in [2.05, 4.69) is 22.3 Å². The molecular weight excluding hydrogens is 236 g/mol. The number of nitrogens with zero attached hydrogens (tertiary/aromatic N) is 3. The van der Waals surface area contributed by atoms with Gasteiger partial charge in [0.2, 0.25) is 0 Å². The van der Waals surface area contributed by atoms with Crippen LogP contribution in [0.2, 0.25) is 5.15 Å². The normalized spacial score (nSPS) is 12.5. The number of aromatic nitrogens is 3. The van der Waals surface area contributed by atoms with Crippen molar-refractivity contribution in [3.05, 3.63) is 40.9 Å². The molecule has 1 N–H and O–H groups in total. The van der Waals surface area contributed by atoms with Crippen molar-refractivity contribution in [2.75, 3.05) is 5.32 Å². The van der Waals surface area contributed by atoms with Gasteiger partial charge >= 0.3 is 0 Å². The Morgan fingerprint density at radius 3 is 2.76 bits per heavy atom. The zero-order valence-electron chi connectivity index (χ0n) is 10.1. The third-order valence-electron chi connectivity index (χ3n) is 2.67. The molecule has 1 atom stereocenters. The van der Waals surface area contributed by atoms with E-state index in [1.807, 2.05) is 32.4 Å². The molecule has 0 aliphatic carbocycles. The number of rotatable bonds is 3. The van der Waals surface area contributed by atoms with E-state index < -0.39 is 0 Å². The molecule has 2 aromatic rings. The lowest BCUT2D eigenvalue weighted by atomic mass is 10.1. The summed E-state index contributed by atoms with van der Waals surface area (Å²) in [6, 6.07) is 2.03. The molecule has 0 aromatic carbocycles. The Kier molecular flexibility index (Phi) is 3.33. The fraction of sp³-hybridized carbons (Fsp3) is 0.333. The molecular formula is C12H15ClN4. The van der Waals surface area contributed by atoms with E-state index in [9.17, 15) is 0 Å². The maximum atomic E-state index is 5.82. The summed E-state index contributed by atoms with van der Waals surface area (Å²) in [6.07, 6.45) is 5.61. The van der Waals surface area contributed by atoms with Crippen LogP contribution < -0.4 is 5.32 Å². The molecule has 17 heavy (non-hydrogen) atoms. The largest absolute Gasteiger partial charge is 0.377 e. The highest BCUT2D eigenvalue weighted by atomic mass is 35.5. The van der Waals surface area contributed by atoms with Crippen molar-refractivity contribution in [2.24, 2.45) is 7.05 Å². The second-order valence-electron chi connectivity index (χ2n) is 4.14. The number of hydrogen-bond donors (Lipinski definition) is 1. The maximum absolute atomic E-state index is 5.82. The molecule has 0 spiro atoms. The third kappa shape index (κ3) is 2.77. The van der Waals surface area contributed by atoms with Gasteiger partial charge < -0.3 is 5.32 Å². The molecule has 0 aliphatic rings. The van der Waals surface area contributed by atoms with Crippen molar-refractivity contribution in [2.45, 2.75) is 19.9 Å². The van der Waals surface area contributed by atoms with Gasteiger partial charge in [-0.1, -0.05) is 11.6 Å². The summed E-state index contributed by atoms with van der Waals surface area (Å²) in [5, 5.41) is 8.06. The standard InChI is InChI=1S/C12H15ClN4/c1-8-4-12(13)14-6-11(8)16-9(2)10-5-15-17(3)7-10/h4-7,9,16H,1-3H3. The van der Waals surface area contributed by atoms with Crippen LogP contribution in [0.1, 0.15) is 24.1 Å². The molecule has 2 aromatic heterocycles. The lowest BCUT2D eigenvalue weighted by Gasteiger charge is -2.15. The van der Waals surface area contributed by atoms with Crippen LogP contribution in [0.3, 0.4) is 0 Å². The topological polar surface area (TPSA) is 42.7 Å². The molecule has 5 heteroatoms. The Bertz CT molecular complexity index is 521. The van der Waals surface area contributed by atoms with Gasteiger partial charge in [0.1, 0.15) is 5.15 Å². The highest BCUT2D eigenvalue weighted by Crippen LogP contribution is 2.22. The van der Waals surface area contributed by atoms with Crippen molar-refractivity contribution in [1.82, 2.24) is 14.8 Å². The minimum absolute atomic E-state index is 0.186. The van der Waals surface area contributed by atoms with Gasteiger partial charge in [-0.15, -0.1) is 0 Å². The average Bonchev–Trinajstić information content (AvgIpc) is 2.69. The first kappa shape index (κ1) is 11.9. The number of anilines is 1. The average molecular weight is 251 g/mol. The minimum Gasteiger partial charge on any atom is -0.377 e. The molecule has 0 saturated carbocycles. The van der Waals surface area contributed by atoms with E-state index in [-0.39, 0.29) is 6.04 Å². The minimum atomic E-state index is 0.186. The first-order chi connectivity index (χ1) is 8.06. The van der Waals surface area contributed by atoms with Crippen LogP contribution in [0.25, 0.3) is 0 Å². The zero-order chi connectivity index (χ0) is 12.4. The fourth-order valence-corrected chi connectivity index (χ4v) is 1.87. The molecule has 4 nitrogen and oxygen atoms in total. The predicted octanol–water partition coefficient (Wildman–Crippen LogP) is 2.95. The highest BCUT2D eigenvalue weighted by molar-refractivity contribution is 6.29. The van der Waals surface area contributed by atoms with Crippen LogP contribution in [0.5, 0.6) is 0 Å². The first-order valence-electron chi connectivity index (χ1n) is 5.43. The number of halogens is 1. The maximum Gasteiger partial charge on any atom is 0.129 e. The van der Waals surface area contributed by atoms with Crippen LogP contribution in [-0.2, 0) is 7.05 Å². The molecule has 0 amide bonds. The third-order valence-corrected chi connectivity index (χ3v) is 2.88. The summed E-state index contributed by atoms with van der Waals surface area (Å²) in [5.41, 5.74) is 3.22. The summed E-state index contributed by atoms with van der Waals surface area (Å²) >= 11 is 5.82. The Balaban J connectivity index is 2.15. The van der Waals surface area contributed by atoms with Gasteiger partial charge in [-0.2, -0.15) is 5.10 Å². The molecule has 2 rings (SSSR count). The first-order valence-corrected chi connectivity index (χ1v) is 5.81.